The Morgan fingerprint density at radius 3 is 2.71 bits per heavy atom. The summed E-state index contributed by atoms with van der Waals surface area (Å²) in [5.41, 5.74) is -0.660. The van der Waals surface area contributed by atoms with Gasteiger partial charge in [-0.25, -0.2) is 0 Å². The molecule has 2 bridgehead atoms. The monoisotopic (exact) mass is 240 g/mol. The van der Waals surface area contributed by atoms with Crippen LogP contribution in [0.4, 0.5) is 0 Å². The number of hydrogen-bond acceptors (Lipinski definition) is 3. The van der Waals surface area contributed by atoms with Crippen LogP contribution in [0, 0.1) is 0 Å². The lowest BCUT2D eigenvalue weighted by Gasteiger charge is -2.38. The van der Waals surface area contributed by atoms with Gasteiger partial charge < -0.3 is 10.1 Å². The van der Waals surface area contributed by atoms with Crippen LogP contribution >= 0.6 is 0 Å². The van der Waals surface area contributed by atoms with Crippen molar-refractivity contribution < 1.29 is 9.53 Å². The Morgan fingerprint density at radius 2 is 2.06 bits per heavy atom. The maximum Gasteiger partial charge on any atom is 0.267 e. The van der Waals surface area contributed by atoms with E-state index in [2.05, 4.69) is 17.6 Å². The highest BCUT2D eigenvalue weighted by molar-refractivity contribution is 5.86. The van der Waals surface area contributed by atoms with Crippen LogP contribution in [0.2, 0.25) is 0 Å². The fourth-order valence-corrected chi connectivity index (χ4v) is 2.59. The molecule has 3 fully saturated rings. The lowest BCUT2D eigenvalue weighted by atomic mass is 10.1. The zero-order chi connectivity index (χ0) is 12.1. The first-order valence-corrected chi connectivity index (χ1v) is 7.01. The number of fused-ring (bicyclic) bond motifs is 1. The summed E-state index contributed by atoms with van der Waals surface area (Å²) in [6, 6.07) is 0. The van der Waals surface area contributed by atoms with Crippen LogP contribution in [0.3, 0.4) is 0 Å². The van der Waals surface area contributed by atoms with Crippen LogP contribution in [0.1, 0.15) is 58.3 Å². The first kappa shape index (κ1) is 12.8. The second-order valence-corrected chi connectivity index (χ2v) is 5.14. The van der Waals surface area contributed by atoms with Crippen LogP contribution in [-0.4, -0.2) is 24.4 Å². The number of ether oxygens (including phenoxy) is 1. The van der Waals surface area contributed by atoms with Crippen molar-refractivity contribution in [1.82, 2.24) is 10.6 Å². The molecule has 2 unspecified atom stereocenters. The summed E-state index contributed by atoms with van der Waals surface area (Å²) in [7, 11) is 0. The van der Waals surface area contributed by atoms with E-state index in [4.69, 9.17) is 4.74 Å². The molecule has 3 aliphatic rings. The van der Waals surface area contributed by atoms with Crippen LogP contribution in [-0.2, 0) is 9.53 Å². The third-order valence-corrected chi connectivity index (χ3v) is 3.68. The van der Waals surface area contributed by atoms with Gasteiger partial charge in [-0.2, -0.15) is 0 Å². The molecule has 1 amide bonds. The molecule has 2 N–H and O–H groups in total. The molecule has 98 valence electrons. The van der Waals surface area contributed by atoms with Crippen molar-refractivity contribution in [2.45, 2.75) is 70.2 Å². The Kier molecular flexibility index (Phi) is 4.40. The largest absolute Gasteiger partial charge is 0.352 e. The predicted octanol–water partition coefficient (Wildman–Crippen LogP) is 1.90. The molecule has 3 heterocycles. The number of amides is 1. The van der Waals surface area contributed by atoms with Crippen molar-refractivity contribution in [3.63, 3.8) is 0 Å². The highest BCUT2D eigenvalue weighted by Crippen LogP contribution is 2.37. The molecule has 0 aliphatic carbocycles. The van der Waals surface area contributed by atoms with Crippen molar-refractivity contribution in [1.29, 1.82) is 0 Å². The van der Waals surface area contributed by atoms with Crippen molar-refractivity contribution in [2.75, 3.05) is 6.54 Å². The smallest absolute Gasteiger partial charge is 0.267 e. The van der Waals surface area contributed by atoms with Crippen LogP contribution in [0.15, 0.2) is 0 Å². The van der Waals surface area contributed by atoms with E-state index in [0.717, 1.165) is 25.8 Å². The number of unbranched alkanes of at least 4 members (excludes halogenated alkanes) is 5. The highest BCUT2D eigenvalue weighted by atomic mass is 16.6. The van der Waals surface area contributed by atoms with E-state index in [1.807, 2.05) is 0 Å². The van der Waals surface area contributed by atoms with E-state index in [-0.39, 0.29) is 12.1 Å². The molecule has 0 aromatic rings. The average Bonchev–Trinajstić information content (AvgIpc) is 2.87. The van der Waals surface area contributed by atoms with Gasteiger partial charge in [0.15, 0.2) is 0 Å². The molecule has 3 aliphatic heterocycles. The zero-order valence-corrected chi connectivity index (χ0v) is 10.8. The van der Waals surface area contributed by atoms with Gasteiger partial charge in [-0.1, -0.05) is 39.0 Å². The Balaban J connectivity index is 1.49. The molecule has 0 radical (unpaired) electrons. The Bertz CT molecular complexity index is 257. The van der Waals surface area contributed by atoms with Crippen molar-refractivity contribution >= 4 is 5.91 Å². The Labute approximate surface area is 103 Å². The molecule has 2 atom stereocenters. The van der Waals surface area contributed by atoms with Gasteiger partial charge in [0.2, 0.25) is 5.72 Å². The normalized spacial score (nSPS) is 30.1. The second kappa shape index (κ2) is 5.83. The van der Waals surface area contributed by atoms with Gasteiger partial charge in [0.05, 0.1) is 0 Å². The van der Waals surface area contributed by atoms with Crippen LogP contribution in [0.5, 0.6) is 0 Å². The van der Waals surface area contributed by atoms with Gasteiger partial charge in [0.25, 0.3) is 5.91 Å². The van der Waals surface area contributed by atoms with Crippen molar-refractivity contribution in [2.24, 2.45) is 0 Å². The molecular weight excluding hydrogens is 216 g/mol. The summed E-state index contributed by atoms with van der Waals surface area (Å²) < 4.78 is 5.49. The third-order valence-electron chi connectivity index (χ3n) is 3.68. The number of nitrogens with one attached hydrogen (secondary N) is 2. The van der Waals surface area contributed by atoms with Gasteiger partial charge in [-0.3, -0.25) is 10.1 Å². The number of carbonyl (C=O) groups is 1. The maximum absolute atomic E-state index is 11.8. The van der Waals surface area contributed by atoms with E-state index >= 15 is 0 Å². The lowest BCUT2D eigenvalue weighted by Crippen LogP contribution is -2.66. The summed E-state index contributed by atoms with van der Waals surface area (Å²) in [5, 5.41) is 6.13. The molecule has 17 heavy (non-hydrogen) atoms. The third kappa shape index (κ3) is 2.99. The molecule has 4 nitrogen and oxygen atoms in total. The van der Waals surface area contributed by atoms with E-state index < -0.39 is 5.72 Å². The van der Waals surface area contributed by atoms with Gasteiger partial charge in [0, 0.05) is 13.0 Å². The van der Waals surface area contributed by atoms with E-state index in [9.17, 15) is 4.79 Å². The molecule has 0 saturated carbocycles. The number of rotatable bonds is 8. The number of carbonyl (C=O) groups excluding carboxylic acids is 1. The topological polar surface area (TPSA) is 50.4 Å². The SMILES string of the molecule is CCCCCCCCNC(=O)C12CCC(N1)O2. The second-order valence-electron chi connectivity index (χ2n) is 5.14. The van der Waals surface area contributed by atoms with E-state index in [0.29, 0.717) is 0 Å². The predicted molar refractivity (Wildman–Crippen MR) is 66.4 cm³/mol. The molecular formula is C13H24N2O2. The molecule has 3 rings (SSSR count). The van der Waals surface area contributed by atoms with Gasteiger partial charge >= 0.3 is 0 Å². The summed E-state index contributed by atoms with van der Waals surface area (Å²) in [5.74, 6) is 0.0276. The van der Waals surface area contributed by atoms with Crippen LogP contribution in [0.25, 0.3) is 0 Å². The zero-order valence-electron chi connectivity index (χ0n) is 10.8. The summed E-state index contributed by atoms with van der Waals surface area (Å²) >= 11 is 0. The standard InChI is InChI=1S/C13H24N2O2/c1-2-3-4-5-6-7-10-14-12(16)13-9-8-11(15-13)17-13/h11,15H,2-10H2,1H3,(H,14,16). The summed E-state index contributed by atoms with van der Waals surface area (Å²) in [4.78, 5) is 11.8. The Morgan fingerprint density at radius 1 is 1.35 bits per heavy atom. The first-order chi connectivity index (χ1) is 8.27. The molecule has 0 spiro atoms. The summed E-state index contributed by atoms with van der Waals surface area (Å²) in [6.45, 7) is 3.00. The van der Waals surface area contributed by atoms with E-state index in [1.54, 1.807) is 0 Å². The van der Waals surface area contributed by atoms with Gasteiger partial charge in [-0.05, 0) is 12.8 Å². The molecule has 3 saturated heterocycles. The van der Waals surface area contributed by atoms with Crippen LogP contribution < -0.4 is 10.6 Å². The van der Waals surface area contributed by atoms with Gasteiger partial charge in [0.1, 0.15) is 6.23 Å². The first-order valence-electron chi connectivity index (χ1n) is 7.01. The van der Waals surface area contributed by atoms with Crippen molar-refractivity contribution in [3.8, 4) is 0 Å². The quantitative estimate of drug-likeness (QED) is 0.637. The molecule has 4 heteroatoms. The fraction of sp³-hybridized carbons (Fsp3) is 0.923. The molecule has 0 aromatic carbocycles. The summed E-state index contributed by atoms with van der Waals surface area (Å²) in [6.07, 6.45) is 9.42. The Hall–Kier alpha value is -0.610. The molecule has 0 aromatic heterocycles. The minimum atomic E-state index is -0.660. The fourth-order valence-electron chi connectivity index (χ4n) is 2.59. The van der Waals surface area contributed by atoms with E-state index in [1.165, 1.54) is 32.1 Å². The average molecular weight is 240 g/mol. The van der Waals surface area contributed by atoms with Crippen molar-refractivity contribution in [3.05, 3.63) is 0 Å². The van der Waals surface area contributed by atoms with Gasteiger partial charge in [-0.15, -0.1) is 0 Å². The highest BCUT2D eigenvalue weighted by Gasteiger charge is 2.56. The number of hydrogen-bond donors (Lipinski definition) is 2. The maximum atomic E-state index is 11.8. The minimum Gasteiger partial charge on any atom is -0.352 e. The lowest BCUT2D eigenvalue weighted by molar-refractivity contribution is -0.197. The minimum absolute atomic E-state index is 0.0276.